The van der Waals surface area contributed by atoms with Gasteiger partial charge in [-0.1, -0.05) is 191 Å². The van der Waals surface area contributed by atoms with Gasteiger partial charge in [-0.05, 0) is 60.2 Å². The van der Waals surface area contributed by atoms with Crippen molar-refractivity contribution in [2.24, 2.45) is 47.3 Å². The summed E-state index contributed by atoms with van der Waals surface area (Å²) in [7, 11) is 4.99. The molecule has 0 saturated heterocycles. The van der Waals surface area contributed by atoms with Crippen LogP contribution in [0.2, 0.25) is 0 Å². The standard InChI is InChI=1S/C43H90N/c1-13-43(31-19-30-41(9)27-17-25-39(7)23-15-21-37(4)5)33-35-44(11,12)34-32-42(10)29-18-28-40(8)26-16-24-38(6)22-14-20-36(2)3/h36-43H,13-35H2,1-12H3/q+1. The molecular formula is C43H90N+. The minimum absolute atomic E-state index is 0.870. The summed E-state index contributed by atoms with van der Waals surface area (Å²) in [6, 6.07) is 0. The molecule has 0 radical (unpaired) electrons. The highest BCUT2D eigenvalue weighted by atomic mass is 15.3. The van der Waals surface area contributed by atoms with Crippen molar-refractivity contribution in [3.8, 4) is 0 Å². The van der Waals surface area contributed by atoms with Crippen LogP contribution in [-0.4, -0.2) is 31.7 Å². The molecule has 0 aliphatic rings. The lowest BCUT2D eigenvalue weighted by molar-refractivity contribution is -0.891. The van der Waals surface area contributed by atoms with Crippen molar-refractivity contribution in [3.63, 3.8) is 0 Å². The topological polar surface area (TPSA) is 0 Å². The highest BCUT2D eigenvalue weighted by molar-refractivity contribution is 4.64. The van der Waals surface area contributed by atoms with Gasteiger partial charge in [0.15, 0.2) is 0 Å². The Labute approximate surface area is 282 Å². The largest absolute Gasteiger partial charge is 0.328 e. The molecule has 0 aromatic heterocycles. The lowest BCUT2D eigenvalue weighted by Crippen LogP contribution is -2.42. The third-order valence-electron chi connectivity index (χ3n) is 11.4. The van der Waals surface area contributed by atoms with Gasteiger partial charge in [0, 0.05) is 0 Å². The second kappa shape index (κ2) is 27.0. The maximum atomic E-state index is 2.52. The first-order chi connectivity index (χ1) is 20.7. The lowest BCUT2D eigenvalue weighted by Gasteiger charge is -2.32. The molecule has 1 heteroatoms. The minimum Gasteiger partial charge on any atom is -0.328 e. The van der Waals surface area contributed by atoms with Gasteiger partial charge in [0.2, 0.25) is 0 Å². The molecule has 0 spiro atoms. The second-order valence-corrected chi connectivity index (χ2v) is 18.1. The number of rotatable bonds is 31. The van der Waals surface area contributed by atoms with Crippen LogP contribution in [0.25, 0.3) is 0 Å². The van der Waals surface area contributed by atoms with Crippen LogP contribution in [0, 0.1) is 47.3 Å². The molecule has 44 heavy (non-hydrogen) atoms. The van der Waals surface area contributed by atoms with Gasteiger partial charge in [0.05, 0.1) is 27.2 Å². The summed E-state index contributed by atoms with van der Waals surface area (Å²) in [4.78, 5) is 0. The van der Waals surface area contributed by atoms with Crippen LogP contribution >= 0.6 is 0 Å². The van der Waals surface area contributed by atoms with E-state index in [1.165, 1.54) is 152 Å². The molecule has 266 valence electrons. The van der Waals surface area contributed by atoms with Crippen molar-refractivity contribution >= 4 is 0 Å². The van der Waals surface area contributed by atoms with Crippen molar-refractivity contribution < 1.29 is 4.48 Å². The number of quaternary nitrogens is 1. The van der Waals surface area contributed by atoms with Crippen molar-refractivity contribution in [2.75, 3.05) is 27.2 Å². The van der Waals surface area contributed by atoms with E-state index in [1.807, 2.05) is 0 Å². The fourth-order valence-electron chi connectivity index (χ4n) is 7.44. The second-order valence-electron chi connectivity index (χ2n) is 18.1. The van der Waals surface area contributed by atoms with Crippen LogP contribution in [0.4, 0.5) is 0 Å². The average Bonchev–Trinajstić information content (AvgIpc) is 2.93. The SMILES string of the molecule is CCC(CCCC(C)CCCC(C)CCCC(C)C)CC[N+](C)(C)CCC(C)CCCC(C)CCCC(C)CCCC(C)C. The van der Waals surface area contributed by atoms with Crippen LogP contribution in [0.5, 0.6) is 0 Å². The molecule has 0 aliphatic heterocycles. The molecular weight excluding hydrogens is 530 g/mol. The fraction of sp³-hybridized carbons (Fsp3) is 1.00. The first-order valence-corrected chi connectivity index (χ1v) is 20.6. The lowest BCUT2D eigenvalue weighted by atomic mass is 9.89. The zero-order chi connectivity index (χ0) is 33.4. The van der Waals surface area contributed by atoms with Crippen LogP contribution in [-0.2, 0) is 0 Å². The average molecular weight is 621 g/mol. The van der Waals surface area contributed by atoms with Crippen LogP contribution in [0.15, 0.2) is 0 Å². The quantitative estimate of drug-likeness (QED) is 0.0676. The monoisotopic (exact) mass is 621 g/mol. The Morgan fingerprint density at radius 3 is 0.932 bits per heavy atom. The van der Waals surface area contributed by atoms with E-state index in [0.717, 1.165) is 47.3 Å². The molecule has 1 nitrogen and oxygen atoms in total. The molecule has 0 heterocycles. The highest BCUT2D eigenvalue weighted by Gasteiger charge is 2.19. The Bertz CT molecular complexity index is 606. The summed E-state index contributed by atoms with van der Waals surface area (Å²) >= 11 is 0. The highest BCUT2D eigenvalue weighted by Crippen LogP contribution is 2.26. The van der Waals surface area contributed by atoms with E-state index >= 15 is 0 Å². The number of nitrogens with zero attached hydrogens (tertiary/aromatic N) is 1. The summed E-state index contributed by atoms with van der Waals surface area (Å²) in [6.45, 7) is 27.1. The predicted molar refractivity (Wildman–Crippen MR) is 203 cm³/mol. The van der Waals surface area contributed by atoms with Gasteiger partial charge < -0.3 is 4.48 Å². The van der Waals surface area contributed by atoms with Crippen LogP contribution in [0.3, 0.4) is 0 Å². The van der Waals surface area contributed by atoms with Gasteiger partial charge in [-0.15, -0.1) is 0 Å². The van der Waals surface area contributed by atoms with Crippen molar-refractivity contribution in [1.29, 1.82) is 0 Å². The Morgan fingerprint density at radius 1 is 0.341 bits per heavy atom. The molecule has 0 amide bonds. The molecule has 0 saturated carbocycles. The van der Waals surface area contributed by atoms with Crippen LogP contribution in [0.1, 0.15) is 204 Å². The Kier molecular flexibility index (Phi) is 26.9. The first kappa shape index (κ1) is 44.0. The van der Waals surface area contributed by atoms with Gasteiger partial charge >= 0.3 is 0 Å². The molecule has 0 aromatic rings. The number of hydrogen-bond donors (Lipinski definition) is 0. The molecule has 0 aromatic carbocycles. The maximum Gasteiger partial charge on any atom is 0.0785 e. The molecule has 0 aliphatic carbocycles. The van der Waals surface area contributed by atoms with Crippen LogP contribution < -0.4 is 0 Å². The van der Waals surface area contributed by atoms with E-state index in [2.05, 4.69) is 83.3 Å². The van der Waals surface area contributed by atoms with Crippen molar-refractivity contribution in [1.82, 2.24) is 0 Å². The van der Waals surface area contributed by atoms with Gasteiger partial charge in [-0.25, -0.2) is 0 Å². The summed E-state index contributed by atoms with van der Waals surface area (Å²) in [5, 5.41) is 0. The Hall–Kier alpha value is -0.0400. The van der Waals surface area contributed by atoms with Crippen molar-refractivity contribution in [3.05, 3.63) is 0 Å². The first-order valence-electron chi connectivity index (χ1n) is 20.6. The van der Waals surface area contributed by atoms with Gasteiger partial charge in [-0.3, -0.25) is 0 Å². The summed E-state index contributed by atoms with van der Waals surface area (Å²) in [6.07, 6.45) is 30.1. The zero-order valence-corrected chi connectivity index (χ0v) is 33.3. The molecule has 0 N–H and O–H groups in total. The van der Waals surface area contributed by atoms with E-state index < -0.39 is 0 Å². The molecule has 0 bridgehead atoms. The Morgan fingerprint density at radius 2 is 0.614 bits per heavy atom. The normalized spacial score (nSPS) is 16.8. The molecule has 6 atom stereocenters. The maximum absolute atomic E-state index is 2.52. The van der Waals surface area contributed by atoms with Gasteiger partial charge in [0.25, 0.3) is 0 Å². The van der Waals surface area contributed by atoms with Gasteiger partial charge in [0.1, 0.15) is 0 Å². The smallest absolute Gasteiger partial charge is 0.0785 e. The summed E-state index contributed by atoms with van der Waals surface area (Å²) in [5.41, 5.74) is 0. The predicted octanol–water partition coefficient (Wildman–Crippen LogP) is 14.4. The molecule has 0 rings (SSSR count). The number of hydrogen-bond acceptors (Lipinski definition) is 0. The van der Waals surface area contributed by atoms with E-state index in [0.29, 0.717) is 0 Å². The fourth-order valence-corrected chi connectivity index (χ4v) is 7.44. The van der Waals surface area contributed by atoms with Gasteiger partial charge in [-0.2, -0.15) is 0 Å². The Balaban J connectivity index is 3.99. The van der Waals surface area contributed by atoms with E-state index in [9.17, 15) is 0 Å². The zero-order valence-electron chi connectivity index (χ0n) is 33.3. The third kappa shape index (κ3) is 28.2. The minimum atomic E-state index is 0.870. The molecule has 0 fully saturated rings. The molecule has 6 unspecified atom stereocenters. The van der Waals surface area contributed by atoms with E-state index in [4.69, 9.17) is 0 Å². The summed E-state index contributed by atoms with van der Waals surface area (Å²) in [5.74, 6) is 7.24. The third-order valence-corrected chi connectivity index (χ3v) is 11.4. The summed E-state index contributed by atoms with van der Waals surface area (Å²) < 4.78 is 1.22. The van der Waals surface area contributed by atoms with E-state index in [1.54, 1.807) is 0 Å². The van der Waals surface area contributed by atoms with E-state index in [-0.39, 0.29) is 0 Å². The van der Waals surface area contributed by atoms with Crippen molar-refractivity contribution in [2.45, 2.75) is 204 Å².